The van der Waals surface area contributed by atoms with E-state index in [1.807, 2.05) is 0 Å². The SMILES string of the molecule is C=C[Si](OCCC(C)C)(C(C)C)C(C)C. The maximum atomic E-state index is 6.23. The van der Waals surface area contributed by atoms with Gasteiger partial charge in [0.05, 0.1) is 0 Å². The highest BCUT2D eigenvalue weighted by molar-refractivity contribution is 6.81. The van der Waals surface area contributed by atoms with E-state index in [1.165, 1.54) is 0 Å². The maximum Gasteiger partial charge on any atom is 0.221 e. The molecule has 0 rings (SSSR count). The van der Waals surface area contributed by atoms with Crippen LogP contribution in [-0.2, 0) is 4.43 Å². The van der Waals surface area contributed by atoms with Crippen LogP contribution in [0.25, 0.3) is 0 Å². The molecule has 1 nitrogen and oxygen atoms in total. The van der Waals surface area contributed by atoms with Gasteiger partial charge in [0.15, 0.2) is 0 Å². The predicted octanol–water partition coefficient (Wildman–Crippen LogP) is 4.54. The summed E-state index contributed by atoms with van der Waals surface area (Å²) >= 11 is 0. The van der Waals surface area contributed by atoms with Gasteiger partial charge < -0.3 is 4.43 Å². The molecular formula is C13H28OSi. The van der Waals surface area contributed by atoms with E-state index in [0.717, 1.165) is 18.9 Å². The van der Waals surface area contributed by atoms with E-state index >= 15 is 0 Å². The maximum absolute atomic E-state index is 6.23. The molecule has 0 aromatic rings. The fraction of sp³-hybridized carbons (Fsp3) is 0.846. The van der Waals surface area contributed by atoms with Crippen molar-refractivity contribution in [2.45, 2.75) is 59.0 Å². The van der Waals surface area contributed by atoms with Gasteiger partial charge in [-0.3, -0.25) is 0 Å². The van der Waals surface area contributed by atoms with Gasteiger partial charge in [0, 0.05) is 6.61 Å². The lowest BCUT2D eigenvalue weighted by molar-refractivity contribution is 0.269. The molecule has 0 aromatic carbocycles. The van der Waals surface area contributed by atoms with Crippen molar-refractivity contribution in [1.82, 2.24) is 0 Å². The highest BCUT2D eigenvalue weighted by atomic mass is 28.4. The normalized spacial score (nSPS) is 12.9. The molecule has 0 fully saturated rings. The van der Waals surface area contributed by atoms with Gasteiger partial charge in [-0.1, -0.05) is 47.2 Å². The molecule has 0 amide bonds. The van der Waals surface area contributed by atoms with Crippen LogP contribution in [0, 0.1) is 5.92 Å². The van der Waals surface area contributed by atoms with Crippen molar-refractivity contribution in [3.8, 4) is 0 Å². The first-order chi connectivity index (χ1) is 6.86. The Balaban J connectivity index is 4.43. The third kappa shape index (κ3) is 4.11. The van der Waals surface area contributed by atoms with Crippen LogP contribution in [0.2, 0.25) is 11.1 Å². The first-order valence-corrected chi connectivity index (χ1v) is 8.28. The van der Waals surface area contributed by atoms with Gasteiger partial charge in [-0.05, 0) is 23.4 Å². The van der Waals surface area contributed by atoms with Crippen LogP contribution in [0.5, 0.6) is 0 Å². The molecule has 0 saturated carbocycles. The number of hydrogen-bond acceptors (Lipinski definition) is 1. The first-order valence-electron chi connectivity index (χ1n) is 6.14. The molecule has 0 N–H and O–H groups in total. The van der Waals surface area contributed by atoms with Crippen molar-refractivity contribution < 1.29 is 4.43 Å². The third-order valence-electron chi connectivity index (χ3n) is 3.17. The van der Waals surface area contributed by atoms with E-state index in [-0.39, 0.29) is 0 Å². The quantitative estimate of drug-likeness (QED) is 0.581. The smallest absolute Gasteiger partial charge is 0.221 e. The van der Waals surface area contributed by atoms with E-state index < -0.39 is 8.32 Å². The molecule has 0 radical (unpaired) electrons. The van der Waals surface area contributed by atoms with Crippen LogP contribution in [0.15, 0.2) is 12.3 Å². The zero-order valence-electron chi connectivity index (χ0n) is 11.3. The summed E-state index contributed by atoms with van der Waals surface area (Å²) in [7, 11) is -1.73. The van der Waals surface area contributed by atoms with Crippen molar-refractivity contribution in [3.63, 3.8) is 0 Å². The minimum absolute atomic E-state index is 0.613. The average Bonchev–Trinajstić information content (AvgIpc) is 2.10. The van der Waals surface area contributed by atoms with E-state index in [2.05, 4.69) is 53.8 Å². The van der Waals surface area contributed by atoms with Crippen LogP contribution in [-0.4, -0.2) is 14.9 Å². The Hall–Kier alpha value is -0.0831. The molecule has 0 bridgehead atoms. The number of rotatable bonds is 7. The molecule has 0 atom stereocenters. The predicted molar refractivity (Wildman–Crippen MR) is 71.6 cm³/mol. The van der Waals surface area contributed by atoms with Crippen LogP contribution < -0.4 is 0 Å². The Kier molecular flexibility index (Phi) is 6.45. The van der Waals surface area contributed by atoms with Gasteiger partial charge in [0.25, 0.3) is 0 Å². The molecule has 0 aromatic heterocycles. The second-order valence-corrected chi connectivity index (χ2v) is 10.1. The molecule has 2 heteroatoms. The van der Waals surface area contributed by atoms with E-state index in [0.29, 0.717) is 11.1 Å². The van der Waals surface area contributed by atoms with Gasteiger partial charge >= 0.3 is 0 Å². The second-order valence-electron chi connectivity index (χ2n) is 5.40. The Labute approximate surface area is 97.0 Å². The van der Waals surface area contributed by atoms with Crippen molar-refractivity contribution >= 4 is 8.32 Å². The summed E-state index contributed by atoms with van der Waals surface area (Å²) in [4.78, 5) is 0. The molecule has 0 aliphatic heterocycles. The third-order valence-corrected chi connectivity index (χ3v) is 8.12. The second kappa shape index (κ2) is 6.49. The van der Waals surface area contributed by atoms with Gasteiger partial charge in [-0.25, -0.2) is 0 Å². The Morgan fingerprint density at radius 2 is 1.53 bits per heavy atom. The monoisotopic (exact) mass is 228 g/mol. The highest BCUT2D eigenvalue weighted by Crippen LogP contribution is 2.34. The Morgan fingerprint density at radius 3 is 1.80 bits per heavy atom. The topological polar surface area (TPSA) is 9.23 Å². The minimum atomic E-state index is -1.73. The highest BCUT2D eigenvalue weighted by Gasteiger charge is 2.38. The van der Waals surface area contributed by atoms with Crippen LogP contribution >= 0.6 is 0 Å². The van der Waals surface area contributed by atoms with Crippen molar-refractivity contribution in [2.75, 3.05) is 6.61 Å². The zero-order chi connectivity index (χ0) is 12.1. The van der Waals surface area contributed by atoms with Gasteiger partial charge in [-0.2, -0.15) is 0 Å². The van der Waals surface area contributed by atoms with E-state index in [4.69, 9.17) is 4.43 Å². The minimum Gasteiger partial charge on any atom is -0.412 e. The standard InChI is InChI=1S/C13H28OSi/c1-8-15(12(4)5,13(6)7)14-10-9-11(2)3/h8,11-13H,1,9-10H2,2-7H3. The molecule has 15 heavy (non-hydrogen) atoms. The van der Waals surface area contributed by atoms with Gasteiger partial charge in [0.1, 0.15) is 0 Å². The molecule has 0 saturated heterocycles. The molecule has 0 spiro atoms. The van der Waals surface area contributed by atoms with Gasteiger partial charge in [0.2, 0.25) is 8.32 Å². The summed E-state index contributed by atoms with van der Waals surface area (Å²) in [5.41, 5.74) is 3.35. The fourth-order valence-corrected chi connectivity index (χ4v) is 5.53. The largest absolute Gasteiger partial charge is 0.412 e. The average molecular weight is 228 g/mol. The summed E-state index contributed by atoms with van der Waals surface area (Å²) in [6, 6.07) is 0. The van der Waals surface area contributed by atoms with Crippen molar-refractivity contribution in [1.29, 1.82) is 0 Å². The first kappa shape index (κ1) is 14.9. The lowest BCUT2D eigenvalue weighted by atomic mass is 10.2. The van der Waals surface area contributed by atoms with E-state index in [1.54, 1.807) is 0 Å². The molecule has 0 heterocycles. The summed E-state index contributed by atoms with van der Waals surface area (Å²) in [6.45, 7) is 18.5. The molecule has 90 valence electrons. The van der Waals surface area contributed by atoms with Crippen LogP contribution in [0.3, 0.4) is 0 Å². The van der Waals surface area contributed by atoms with E-state index in [9.17, 15) is 0 Å². The molecule has 0 unspecified atom stereocenters. The fourth-order valence-electron chi connectivity index (χ4n) is 2.00. The summed E-state index contributed by atoms with van der Waals surface area (Å²) < 4.78 is 6.23. The number of hydrogen-bond donors (Lipinski definition) is 0. The Bertz CT molecular complexity index is 177. The summed E-state index contributed by atoms with van der Waals surface area (Å²) in [5, 5.41) is 0. The lowest BCUT2D eigenvalue weighted by Gasteiger charge is -2.36. The molecule has 0 aliphatic rings. The van der Waals surface area contributed by atoms with Crippen LogP contribution in [0.4, 0.5) is 0 Å². The lowest BCUT2D eigenvalue weighted by Crippen LogP contribution is -2.43. The zero-order valence-corrected chi connectivity index (χ0v) is 12.3. The van der Waals surface area contributed by atoms with Gasteiger partial charge in [-0.15, -0.1) is 6.58 Å². The molecular weight excluding hydrogens is 200 g/mol. The Morgan fingerprint density at radius 1 is 1.07 bits per heavy atom. The molecule has 0 aliphatic carbocycles. The summed E-state index contributed by atoms with van der Waals surface area (Å²) in [5.74, 6) is 0.723. The van der Waals surface area contributed by atoms with Crippen molar-refractivity contribution in [3.05, 3.63) is 12.3 Å². The van der Waals surface area contributed by atoms with Crippen LogP contribution in [0.1, 0.15) is 48.0 Å². The van der Waals surface area contributed by atoms with Crippen molar-refractivity contribution in [2.24, 2.45) is 5.92 Å². The summed E-state index contributed by atoms with van der Waals surface area (Å²) in [6.07, 6.45) is 1.15.